The topological polar surface area (TPSA) is 52.6 Å². The number of fused-ring (bicyclic) bond motifs is 1. The number of carbonyl (C=O) groups excluding carboxylic acids is 2. The lowest BCUT2D eigenvalue weighted by molar-refractivity contribution is -0.156. The summed E-state index contributed by atoms with van der Waals surface area (Å²) in [6, 6.07) is 5.24. The predicted molar refractivity (Wildman–Crippen MR) is 65.8 cm³/mol. The summed E-state index contributed by atoms with van der Waals surface area (Å²) in [7, 11) is 0. The van der Waals surface area contributed by atoms with E-state index in [-0.39, 0.29) is 5.97 Å². The normalized spacial score (nSPS) is 21.7. The van der Waals surface area contributed by atoms with Crippen LogP contribution in [0.15, 0.2) is 18.2 Å². The summed E-state index contributed by atoms with van der Waals surface area (Å²) in [5.74, 6) is 0.481. The minimum atomic E-state index is -0.676. The molecular weight excluding hydrogens is 232 g/mol. The lowest BCUT2D eigenvalue weighted by atomic mass is 9.82. The molecule has 0 spiro atoms. The van der Waals surface area contributed by atoms with E-state index in [1.165, 1.54) is 0 Å². The largest absolute Gasteiger partial charge is 0.492 e. The Bertz CT molecular complexity index is 481. The SMILES string of the molecule is CCOC(=O)C1(C)COc2ccc(C=O)cc2C1. The van der Waals surface area contributed by atoms with E-state index in [0.29, 0.717) is 25.2 Å². The van der Waals surface area contributed by atoms with Crippen molar-refractivity contribution in [2.24, 2.45) is 5.41 Å². The molecule has 0 fully saturated rings. The van der Waals surface area contributed by atoms with Gasteiger partial charge in [0, 0.05) is 5.56 Å². The summed E-state index contributed by atoms with van der Waals surface area (Å²) >= 11 is 0. The molecule has 96 valence electrons. The molecule has 1 unspecified atom stereocenters. The van der Waals surface area contributed by atoms with E-state index in [1.807, 2.05) is 6.92 Å². The number of benzene rings is 1. The maximum Gasteiger partial charge on any atom is 0.315 e. The first-order chi connectivity index (χ1) is 8.59. The van der Waals surface area contributed by atoms with Gasteiger partial charge in [0.1, 0.15) is 24.1 Å². The molecule has 1 aromatic rings. The molecule has 1 aliphatic heterocycles. The van der Waals surface area contributed by atoms with Crippen molar-refractivity contribution < 1.29 is 19.1 Å². The molecule has 1 heterocycles. The van der Waals surface area contributed by atoms with E-state index in [1.54, 1.807) is 25.1 Å². The van der Waals surface area contributed by atoms with Crippen molar-refractivity contribution in [3.8, 4) is 5.75 Å². The van der Waals surface area contributed by atoms with Crippen LogP contribution in [0, 0.1) is 5.41 Å². The van der Waals surface area contributed by atoms with Crippen LogP contribution in [0.4, 0.5) is 0 Å². The molecule has 2 rings (SSSR count). The zero-order valence-corrected chi connectivity index (χ0v) is 10.6. The lowest BCUT2D eigenvalue weighted by Gasteiger charge is -2.32. The number of hydrogen-bond donors (Lipinski definition) is 0. The van der Waals surface area contributed by atoms with E-state index in [9.17, 15) is 9.59 Å². The highest BCUT2D eigenvalue weighted by molar-refractivity contribution is 5.79. The van der Waals surface area contributed by atoms with Crippen molar-refractivity contribution >= 4 is 12.3 Å². The molecule has 1 aromatic carbocycles. The van der Waals surface area contributed by atoms with E-state index >= 15 is 0 Å². The quantitative estimate of drug-likeness (QED) is 0.606. The summed E-state index contributed by atoms with van der Waals surface area (Å²) in [4.78, 5) is 22.7. The van der Waals surface area contributed by atoms with Crippen LogP contribution in [0.5, 0.6) is 5.75 Å². The van der Waals surface area contributed by atoms with Gasteiger partial charge in [0.2, 0.25) is 0 Å². The number of aldehydes is 1. The van der Waals surface area contributed by atoms with Crippen molar-refractivity contribution in [3.05, 3.63) is 29.3 Å². The minimum Gasteiger partial charge on any atom is -0.492 e. The van der Waals surface area contributed by atoms with Gasteiger partial charge in [-0.05, 0) is 44.0 Å². The second kappa shape index (κ2) is 4.80. The number of hydrogen-bond acceptors (Lipinski definition) is 4. The summed E-state index contributed by atoms with van der Waals surface area (Å²) in [5, 5.41) is 0. The van der Waals surface area contributed by atoms with Gasteiger partial charge in [-0.25, -0.2) is 0 Å². The van der Waals surface area contributed by atoms with Crippen LogP contribution in [-0.2, 0) is 16.0 Å². The van der Waals surface area contributed by atoms with Gasteiger partial charge in [-0.2, -0.15) is 0 Å². The van der Waals surface area contributed by atoms with Crippen LogP contribution in [-0.4, -0.2) is 25.5 Å². The zero-order chi connectivity index (χ0) is 13.2. The van der Waals surface area contributed by atoms with Crippen molar-refractivity contribution in [2.75, 3.05) is 13.2 Å². The highest BCUT2D eigenvalue weighted by Gasteiger charge is 2.39. The van der Waals surface area contributed by atoms with E-state index in [4.69, 9.17) is 9.47 Å². The van der Waals surface area contributed by atoms with Gasteiger partial charge in [-0.1, -0.05) is 0 Å². The molecule has 0 aliphatic carbocycles. The van der Waals surface area contributed by atoms with Crippen LogP contribution in [0.2, 0.25) is 0 Å². The smallest absolute Gasteiger partial charge is 0.315 e. The minimum absolute atomic E-state index is 0.257. The average Bonchev–Trinajstić information content (AvgIpc) is 2.38. The monoisotopic (exact) mass is 248 g/mol. The summed E-state index contributed by atoms with van der Waals surface area (Å²) in [6.45, 7) is 4.26. The molecule has 0 aromatic heterocycles. The summed E-state index contributed by atoms with van der Waals surface area (Å²) < 4.78 is 10.7. The summed E-state index contributed by atoms with van der Waals surface area (Å²) in [6.07, 6.45) is 1.32. The Balaban J connectivity index is 2.27. The maximum atomic E-state index is 11.9. The third-order valence-electron chi connectivity index (χ3n) is 3.12. The zero-order valence-electron chi connectivity index (χ0n) is 10.6. The molecule has 4 nitrogen and oxygen atoms in total. The van der Waals surface area contributed by atoms with Gasteiger partial charge in [0.25, 0.3) is 0 Å². The number of rotatable bonds is 3. The first kappa shape index (κ1) is 12.6. The molecule has 1 aliphatic rings. The fourth-order valence-electron chi connectivity index (χ4n) is 2.10. The molecule has 0 bridgehead atoms. The first-order valence-corrected chi connectivity index (χ1v) is 5.97. The molecule has 4 heteroatoms. The van der Waals surface area contributed by atoms with Crippen molar-refractivity contribution in [2.45, 2.75) is 20.3 Å². The van der Waals surface area contributed by atoms with Crippen LogP contribution < -0.4 is 4.74 Å². The van der Waals surface area contributed by atoms with E-state index in [2.05, 4.69) is 0 Å². The van der Waals surface area contributed by atoms with Crippen molar-refractivity contribution in [1.29, 1.82) is 0 Å². The highest BCUT2D eigenvalue weighted by atomic mass is 16.5. The van der Waals surface area contributed by atoms with Gasteiger partial charge < -0.3 is 9.47 Å². The molecule has 0 saturated heterocycles. The van der Waals surface area contributed by atoms with Gasteiger partial charge in [-0.3, -0.25) is 9.59 Å². The van der Waals surface area contributed by atoms with Gasteiger partial charge in [0.15, 0.2) is 0 Å². The average molecular weight is 248 g/mol. The Morgan fingerprint density at radius 1 is 1.56 bits per heavy atom. The first-order valence-electron chi connectivity index (χ1n) is 5.97. The van der Waals surface area contributed by atoms with Gasteiger partial charge in [-0.15, -0.1) is 0 Å². The molecular formula is C14H16O4. The molecule has 0 amide bonds. The Morgan fingerprint density at radius 3 is 3.00 bits per heavy atom. The van der Waals surface area contributed by atoms with Crippen molar-refractivity contribution in [1.82, 2.24) is 0 Å². The number of ether oxygens (including phenoxy) is 2. The molecule has 0 radical (unpaired) electrons. The second-order valence-electron chi connectivity index (χ2n) is 4.73. The fraction of sp³-hybridized carbons (Fsp3) is 0.429. The highest BCUT2D eigenvalue weighted by Crippen LogP contribution is 2.35. The van der Waals surface area contributed by atoms with Crippen LogP contribution in [0.3, 0.4) is 0 Å². The Hall–Kier alpha value is -1.84. The Labute approximate surface area is 106 Å². The van der Waals surface area contributed by atoms with Crippen LogP contribution in [0.1, 0.15) is 29.8 Å². The molecule has 18 heavy (non-hydrogen) atoms. The van der Waals surface area contributed by atoms with Crippen LogP contribution in [0.25, 0.3) is 0 Å². The third-order valence-corrected chi connectivity index (χ3v) is 3.12. The second-order valence-corrected chi connectivity index (χ2v) is 4.73. The Morgan fingerprint density at radius 2 is 2.33 bits per heavy atom. The lowest BCUT2D eigenvalue weighted by Crippen LogP contribution is -2.40. The molecule has 0 saturated carbocycles. The van der Waals surface area contributed by atoms with Gasteiger partial charge in [0.05, 0.1) is 6.61 Å². The molecule has 0 N–H and O–H groups in total. The van der Waals surface area contributed by atoms with Crippen molar-refractivity contribution in [3.63, 3.8) is 0 Å². The number of esters is 1. The predicted octanol–water partition coefficient (Wildman–Crippen LogP) is 2.00. The third kappa shape index (κ3) is 2.23. The number of carbonyl (C=O) groups is 2. The Kier molecular flexibility index (Phi) is 3.36. The van der Waals surface area contributed by atoms with E-state index < -0.39 is 5.41 Å². The van der Waals surface area contributed by atoms with Gasteiger partial charge >= 0.3 is 5.97 Å². The summed E-state index contributed by atoms with van der Waals surface area (Å²) in [5.41, 5.74) is 0.789. The van der Waals surface area contributed by atoms with Crippen LogP contribution >= 0.6 is 0 Å². The standard InChI is InChI=1S/C14H16O4/c1-3-17-13(16)14(2)7-11-6-10(8-15)4-5-12(11)18-9-14/h4-6,8H,3,7,9H2,1-2H3. The fourth-order valence-corrected chi connectivity index (χ4v) is 2.10. The maximum absolute atomic E-state index is 11.9. The van der Waals surface area contributed by atoms with E-state index in [0.717, 1.165) is 17.6 Å². The molecule has 1 atom stereocenters.